The number of nitrogens with zero attached hydrogens (tertiary/aromatic N) is 2. The van der Waals surface area contributed by atoms with Gasteiger partial charge in [-0.25, -0.2) is 0 Å². The summed E-state index contributed by atoms with van der Waals surface area (Å²) in [4.78, 5) is 0. The van der Waals surface area contributed by atoms with Gasteiger partial charge in [0.25, 0.3) is 0 Å². The van der Waals surface area contributed by atoms with Crippen molar-refractivity contribution in [3.8, 4) is 0 Å². The molecule has 1 heterocycles. The van der Waals surface area contributed by atoms with Crippen molar-refractivity contribution in [2.75, 3.05) is 0 Å². The molecule has 2 fully saturated rings. The molecule has 5 heteroatoms. The maximum absolute atomic E-state index is 6.24. The summed E-state index contributed by atoms with van der Waals surface area (Å²) in [7, 11) is 0. The van der Waals surface area contributed by atoms with Crippen LogP contribution >= 0.6 is 24.8 Å². The molecular weight excluding hydrogens is 209 g/mol. The fourth-order valence-corrected chi connectivity index (χ4v) is 2.50. The molecule has 2 aliphatic carbocycles. The van der Waals surface area contributed by atoms with Crippen molar-refractivity contribution in [2.45, 2.75) is 43.8 Å². The summed E-state index contributed by atoms with van der Waals surface area (Å²) in [6.07, 6.45) is 4.90. The van der Waals surface area contributed by atoms with E-state index in [-0.39, 0.29) is 36.0 Å². The lowest BCUT2D eigenvalue weighted by molar-refractivity contribution is 0.0984. The Morgan fingerprint density at radius 3 is 1.92 bits per heavy atom. The van der Waals surface area contributed by atoms with E-state index in [1.165, 1.54) is 19.3 Å². The van der Waals surface area contributed by atoms with Gasteiger partial charge in [-0.3, -0.25) is 0 Å². The van der Waals surface area contributed by atoms with E-state index in [4.69, 9.17) is 5.73 Å². The largest absolute Gasteiger partial charge is 0.321 e. The first-order valence-electron chi connectivity index (χ1n) is 4.35. The lowest BCUT2D eigenvalue weighted by atomic mass is 9.63. The Morgan fingerprint density at radius 2 is 1.69 bits per heavy atom. The van der Waals surface area contributed by atoms with Gasteiger partial charge in [-0.05, 0) is 18.3 Å². The van der Waals surface area contributed by atoms with Crippen molar-refractivity contribution in [1.82, 2.24) is 0 Å². The van der Waals surface area contributed by atoms with Gasteiger partial charge in [-0.2, -0.15) is 10.2 Å². The number of rotatable bonds is 1. The minimum atomic E-state index is -0.0812. The third-order valence-electron chi connectivity index (χ3n) is 3.99. The Hall–Kier alpha value is 0.140. The van der Waals surface area contributed by atoms with Gasteiger partial charge in [0, 0.05) is 6.42 Å². The molecule has 0 aromatic carbocycles. The van der Waals surface area contributed by atoms with Crippen LogP contribution in [0.2, 0.25) is 0 Å². The summed E-state index contributed by atoms with van der Waals surface area (Å²) in [6, 6.07) is 0. The molecule has 0 aromatic heterocycles. The topological polar surface area (TPSA) is 50.7 Å². The number of hydrogen-bond donors (Lipinski definition) is 1. The second-order valence-electron chi connectivity index (χ2n) is 4.58. The second kappa shape index (κ2) is 2.59. The Bertz CT molecular complexity index is 256. The zero-order valence-corrected chi connectivity index (χ0v) is 9.25. The lowest BCUT2D eigenvalue weighted by Gasteiger charge is -2.43. The van der Waals surface area contributed by atoms with Crippen LogP contribution in [0.4, 0.5) is 0 Å². The Kier molecular flexibility index (Phi) is 2.23. The van der Waals surface area contributed by atoms with Crippen LogP contribution in [0.25, 0.3) is 0 Å². The van der Waals surface area contributed by atoms with Crippen LogP contribution < -0.4 is 5.73 Å². The first-order chi connectivity index (χ1) is 5.12. The van der Waals surface area contributed by atoms with E-state index >= 15 is 0 Å². The molecule has 3 rings (SSSR count). The van der Waals surface area contributed by atoms with Crippen molar-refractivity contribution in [2.24, 2.45) is 21.4 Å². The molecule has 3 nitrogen and oxygen atoms in total. The quantitative estimate of drug-likeness (QED) is 0.729. The molecule has 2 N–H and O–H groups in total. The van der Waals surface area contributed by atoms with E-state index in [2.05, 4.69) is 17.2 Å². The number of halogens is 2. The molecule has 1 atom stereocenters. The van der Waals surface area contributed by atoms with E-state index < -0.39 is 0 Å². The van der Waals surface area contributed by atoms with Crippen LogP contribution in [0.3, 0.4) is 0 Å². The van der Waals surface area contributed by atoms with Crippen molar-refractivity contribution in [3.63, 3.8) is 0 Å². The lowest BCUT2D eigenvalue weighted by Crippen LogP contribution is -2.50. The Labute approximate surface area is 90.4 Å². The van der Waals surface area contributed by atoms with E-state index in [9.17, 15) is 0 Å². The van der Waals surface area contributed by atoms with E-state index in [1.54, 1.807) is 0 Å². The summed E-state index contributed by atoms with van der Waals surface area (Å²) < 4.78 is 0. The van der Waals surface area contributed by atoms with Crippen molar-refractivity contribution >= 4 is 24.8 Å². The molecule has 0 radical (unpaired) electrons. The minimum absolute atomic E-state index is 0. The van der Waals surface area contributed by atoms with Crippen LogP contribution in [-0.2, 0) is 0 Å². The highest BCUT2D eigenvalue weighted by molar-refractivity contribution is 5.85. The highest BCUT2D eigenvalue weighted by Crippen LogP contribution is 2.70. The third-order valence-corrected chi connectivity index (χ3v) is 3.99. The van der Waals surface area contributed by atoms with Crippen LogP contribution in [-0.4, -0.2) is 11.2 Å². The molecule has 0 bridgehead atoms. The molecule has 76 valence electrons. The van der Waals surface area contributed by atoms with Gasteiger partial charge in [0.2, 0.25) is 5.66 Å². The van der Waals surface area contributed by atoms with Crippen LogP contribution in [0.5, 0.6) is 0 Å². The normalized spacial score (nSPS) is 39.8. The van der Waals surface area contributed by atoms with Gasteiger partial charge >= 0.3 is 0 Å². The third kappa shape index (κ3) is 1.01. The smallest absolute Gasteiger partial charge is 0.211 e. The number of hydrogen-bond acceptors (Lipinski definition) is 3. The summed E-state index contributed by atoms with van der Waals surface area (Å²) in [5, 5.41) is 8.09. The minimum Gasteiger partial charge on any atom is -0.321 e. The van der Waals surface area contributed by atoms with Gasteiger partial charge in [0.15, 0.2) is 0 Å². The molecular formula is C8H15Cl2N3. The SMILES string of the molecule is CC1(C2(N)CC23N=N3)CCC1.Cl.Cl. The first-order valence-corrected chi connectivity index (χ1v) is 4.35. The average molecular weight is 224 g/mol. The van der Waals surface area contributed by atoms with Gasteiger partial charge in [0.05, 0.1) is 5.54 Å². The standard InChI is InChI=1S/C8H13N3.2ClH/c1-6(3-2-4-6)7(9)5-8(7)10-11-8;;/h2-5,9H2,1H3;2*1H. The maximum atomic E-state index is 6.24. The second-order valence-corrected chi connectivity index (χ2v) is 4.58. The van der Waals surface area contributed by atoms with Crippen molar-refractivity contribution < 1.29 is 0 Å². The molecule has 3 aliphatic rings. The predicted molar refractivity (Wildman–Crippen MR) is 55.6 cm³/mol. The molecule has 0 amide bonds. The van der Waals surface area contributed by atoms with Crippen molar-refractivity contribution in [3.05, 3.63) is 0 Å². The molecule has 0 saturated heterocycles. The van der Waals surface area contributed by atoms with Crippen LogP contribution in [0, 0.1) is 5.41 Å². The highest BCUT2D eigenvalue weighted by Gasteiger charge is 2.80. The summed E-state index contributed by atoms with van der Waals surface area (Å²) in [6.45, 7) is 2.29. The fraction of sp³-hybridized carbons (Fsp3) is 1.00. The molecule has 1 unspecified atom stereocenters. The van der Waals surface area contributed by atoms with Gasteiger partial charge < -0.3 is 5.73 Å². The molecule has 1 aliphatic heterocycles. The Morgan fingerprint density at radius 1 is 1.15 bits per heavy atom. The zero-order chi connectivity index (χ0) is 7.74. The maximum Gasteiger partial charge on any atom is 0.211 e. The van der Waals surface area contributed by atoms with Gasteiger partial charge in [0.1, 0.15) is 0 Å². The van der Waals surface area contributed by atoms with E-state index in [0.717, 1.165) is 6.42 Å². The molecule has 2 saturated carbocycles. The highest BCUT2D eigenvalue weighted by atomic mass is 35.5. The van der Waals surface area contributed by atoms with Gasteiger partial charge in [-0.15, -0.1) is 24.8 Å². The zero-order valence-electron chi connectivity index (χ0n) is 7.62. The molecule has 13 heavy (non-hydrogen) atoms. The van der Waals surface area contributed by atoms with E-state index in [0.29, 0.717) is 5.41 Å². The van der Waals surface area contributed by atoms with Crippen LogP contribution in [0.15, 0.2) is 10.2 Å². The summed E-state index contributed by atoms with van der Waals surface area (Å²) >= 11 is 0. The summed E-state index contributed by atoms with van der Waals surface area (Å²) in [5.74, 6) is 0. The monoisotopic (exact) mass is 223 g/mol. The summed E-state index contributed by atoms with van der Waals surface area (Å²) in [5.41, 5.74) is 6.47. The predicted octanol–water partition coefficient (Wildman–Crippen LogP) is 2.28. The fourth-order valence-electron chi connectivity index (χ4n) is 2.50. The first kappa shape index (κ1) is 11.2. The molecule has 1 spiro atoms. The van der Waals surface area contributed by atoms with E-state index in [1.807, 2.05) is 0 Å². The van der Waals surface area contributed by atoms with Gasteiger partial charge in [-0.1, -0.05) is 13.3 Å². The Balaban J connectivity index is 0.000000422. The van der Waals surface area contributed by atoms with Crippen LogP contribution in [0.1, 0.15) is 32.6 Å². The average Bonchev–Trinajstić information content (AvgIpc) is 2.73. The molecule has 0 aromatic rings. The van der Waals surface area contributed by atoms with Crippen molar-refractivity contribution in [1.29, 1.82) is 0 Å². The number of nitrogens with two attached hydrogens (primary N) is 1.